The van der Waals surface area contributed by atoms with Crippen LogP contribution in [-0.2, 0) is 0 Å². The molecule has 0 bridgehead atoms. The molecule has 0 spiro atoms. The van der Waals surface area contributed by atoms with Crippen LogP contribution in [0.2, 0.25) is 0 Å². The molecule has 0 aliphatic carbocycles. The lowest BCUT2D eigenvalue weighted by Crippen LogP contribution is -1.86. The van der Waals surface area contributed by atoms with E-state index in [0.29, 0.717) is 11.3 Å². The average Bonchev–Trinajstić information content (AvgIpc) is 2.06. The smallest absolute Gasteiger partial charge is 0.0992 e. The van der Waals surface area contributed by atoms with E-state index in [1.165, 1.54) is 0 Å². The minimum atomic E-state index is 0.623. The minimum absolute atomic E-state index is 0.623. The number of nitrogens with zero attached hydrogens (tertiary/aromatic N) is 1. The Hall–Kier alpha value is -1.49. The van der Waals surface area contributed by atoms with E-state index in [2.05, 4.69) is 0 Å². The maximum Gasteiger partial charge on any atom is 0.0992 e. The van der Waals surface area contributed by atoms with E-state index in [1.807, 2.05) is 32.9 Å². The first-order valence-electron chi connectivity index (χ1n) is 3.99. The fourth-order valence-electron chi connectivity index (χ4n) is 0.877. The first kappa shape index (κ1) is 10.5. The zero-order valence-electron chi connectivity index (χ0n) is 7.76. The van der Waals surface area contributed by atoms with Crippen LogP contribution in [-0.4, -0.2) is 0 Å². The number of hydrogen-bond donors (Lipinski definition) is 1. The third kappa shape index (κ3) is 3.07. The van der Waals surface area contributed by atoms with Crippen molar-refractivity contribution in [2.45, 2.75) is 20.8 Å². The van der Waals surface area contributed by atoms with Crippen LogP contribution in [0.4, 0.5) is 5.69 Å². The zero-order valence-corrected chi connectivity index (χ0v) is 7.76. The van der Waals surface area contributed by atoms with E-state index in [1.54, 1.807) is 12.1 Å². The van der Waals surface area contributed by atoms with Crippen molar-refractivity contribution in [1.82, 2.24) is 0 Å². The van der Waals surface area contributed by atoms with Crippen molar-refractivity contribution in [1.29, 1.82) is 5.26 Å². The average molecular weight is 162 g/mol. The number of rotatable bonds is 0. The molecule has 1 aromatic rings. The lowest BCUT2D eigenvalue weighted by Gasteiger charge is -1.95. The van der Waals surface area contributed by atoms with E-state index in [4.69, 9.17) is 11.0 Å². The van der Waals surface area contributed by atoms with Gasteiger partial charge >= 0.3 is 0 Å². The molecule has 1 aromatic carbocycles. The zero-order chi connectivity index (χ0) is 9.56. The third-order valence-corrected chi connectivity index (χ3v) is 1.23. The largest absolute Gasteiger partial charge is 0.399 e. The Kier molecular flexibility index (Phi) is 4.55. The van der Waals surface area contributed by atoms with Gasteiger partial charge in [0.05, 0.1) is 11.6 Å². The number of aryl methyl sites for hydroxylation is 1. The molecule has 64 valence electrons. The van der Waals surface area contributed by atoms with Gasteiger partial charge in [-0.2, -0.15) is 5.26 Å². The lowest BCUT2D eigenvalue weighted by molar-refractivity contribution is 1.42. The normalized spacial score (nSPS) is 7.83. The summed E-state index contributed by atoms with van der Waals surface area (Å²) in [6, 6.07) is 7.32. The van der Waals surface area contributed by atoms with Gasteiger partial charge in [-0.15, -0.1) is 0 Å². The van der Waals surface area contributed by atoms with E-state index in [9.17, 15) is 0 Å². The molecule has 1 rings (SSSR count). The number of benzene rings is 1. The van der Waals surface area contributed by atoms with E-state index in [-0.39, 0.29) is 0 Å². The van der Waals surface area contributed by atoms with Crippen LogP contribution in [0.3, 0.4) is 0 Å². The molecular weight excluding hydrogens is 148 g/mol. The van der Waals surface area contributed by atoms with Crippen LogP contribution >= 0.6 is 0 Å². The number of hydrogen-bond acceptors (Lipinski definition) is 2. The second-order valence-corrected chi connectivity index (χ2v) is 2.24. The summed E-state index contributed by atoms with van der Waals surface area (Å²) in [4.78, 5) is 0. The van der Waals surface area contributed by atoms with E-state index >= 15 is 0 Å². The Balaban J connectivity index is 0.000000561. The Labute approximate surface area is 73.6 Å². The van der Waals surface area contributed by atoms with Crippen LogP contribution in [0.5, 0.6) is 0 Å². The number of nitriles is 1. The molecule has 2 N–H and O–H groups in total. The molecule has 0 fully saturated rings. The molecule has 0 unspecified atom stereocenters. The second-order valence-electron chi connectivity index (χ2n) is 2.24. The monoisotopic (exact) mass is 162 g/mol. The van der Waals surface area contributed by atoms with E-state index in [0.717, 1.165) is 5.56 Å². The van der Waals surface area contributed by atoms with Crippen LogP contribution in [0.25, 0.3) is 0 Å². The molecule has 0 radical (unpaired) electrons. The van der Waals surface area contributed by atoms with Gasteiger partial charge in [0.15, 0.2) is 0 Å². The number of nitrogen functional groups attached to an aromatic ring is 1. The van der Waals surface area contributed by atoms with Crippen molar-refractivity contribution in [3.8, 4) is 6.07 Å². The first-order valence-corrected chi connectivity index (χ1v) is 3.99. The standard InChI is InChI=1S/C8H8N2.C2H6/c1-6-2-7(5-9)4-8(10)3-6;1-2/h2-4H,10H2,1H3;1-2H3. The fraction of sp³-hybridized carbons (Fsp3) is 0.300. The summed E-state index contributed by atoms with van der Waals surface area (Å²) in [5.41, 5.74) is 7.78. The summed E-state index contributed by atoms with van der Waals surface area (Å²) in [5.74, 6) is 0. The highest BCUT2D eigenvalue weighted by molar-refractivity contribution is 5.48. The van der Waals surface area contributed by atoms with Gasteiger partial charge in [0, 0.05) is 5.69 Å². The molecule has 12 heavy (non-hydrogen) atoms. The summed E-state index contributed by atoms with van der Waals surface area (Å²) in [7, 11) is 0. The van der Waals surface area contributed by atoms with E-state index < -0.39 is 0 Å². The summed E-state index contributed by atoms with van der Waals surface area (Å²) in [6.45, 7) is 5.91. The topological polar surface area (TPSA) is 49.8 Å². The van der Waals surface area contributed by atoms with Crippen molar-refractivity contribution in [2.24, 2.45) is 0 Å². The number of nitrogens with two attached hydrogens (primary N) is 1. The molecular formula is C10H14N2. The van der Waals surface area contributed by atoms with Gasteiger partial charge in [-0.25, -0.2) is 0 Å². The SMILES string of the molecule is CC.Cc1cc(N)cc(C#N)c1. The lowest BCUT2D eigenvalue weighted by atomic mass is 10.1. The van der Waals surface area contributed by atoms with Gasteiger partial charge in [-0.1, -0.05) is 13.8 Å². The highest BCUT2D eigenvalue weighted by Crippen LogP contribution is 2.09. The summed E-state index contributed by atoms with van der Waals surface area (Å²) in [5, 5.41) is 8.48. The minimum Gasteiger partial charge on any atom is -0.399 e. The molecule has 0 aromatic heterocycles. The predicted molar refractivity (Wildman–Crippen MR) is 51.7 cm³/mol. The molecule has 0 aliphatic heterocycles. The Morgan fingerprint density at radius 2 is 1.83 bits per heavy atom. The predicted octanol–water partition coefficient (Wildman–Crippen LogP) is 2.48. The van der Waals surface area contributed by atoms with Gasteiger partial charge in [-0.3, -0.25) is 0 Å². The molecule has 0 saturated carbocycles. The van der Waals surface area contributed by atoms with Gasteiger partial charge in [0.1, 0.15) is 0 Å². The summed E-state index contributed by atoms with van der Waals surface area (Å²) >= 11 is 0. The van der Waals surface area contributed by atoms with Gasteiger partial charge in [0.25, 0.3) is 0 Å². The van der Waals surface area contributed by atoms with Crippen molar-refractivity contribution < 1.29 is 0 Å². The molecule has 0 atom stereocenters. The summed E-state index contributed by atoms with van der Waals surface area (Å²) < 4.78 is 0. The van der Waals surface area contributed by atoms with Crippen LogP contribution in [0, 0.1) is 18.3 Å². The molecule has 0 saturated heterocycles. The highest BCUT2D eigenvalue weighted by atomic mass is 14.5. The van der Waals surface area contributed by atoms with Crippen LogP contribution in [0.1, 0.15) is 25.0 Å². The highest BCUT2D eigenvalue weighted by Gasteiger charge is 1.92. The quantitative estimate of drug-likeness (QED) is 0.596. The molecule has 2 heteroatoms. The van der Waals surface area contributed by atoms with Gasteiger partial charge in [-0.05, 0) is 30.7 Å². The van der Waals surface area contributed by atoms with Crippen molar-refractivity contribution in [3.05, 3.63) is 29.3 Å². The van der Waals surface area contributed by atoms with Gasteiger partial charge in [0.2, 0.25) is 0 Å². The van der Waals surface area contributed by atoms with Gasteiger partial charge < -0.3 is 5.73 Å². The van der Waals surface area contributed by atoms with Crippen molar-refractivity contribution >= 4 is 5.69 Å². The number of anilines is 1. The maximum atomic E-state index is 8.48. The second kappa shape index (κ2) is 5.20. The maximum absolute atomic E-state index is 8.48. The Morgan fingerprint density at radius 1 is 1.25 bits per heavy atom. The van der Waals surface area contributed by atoms with Crippen molar-refractivity contribution in [3.63, 3.8) is 0 Å². The molecule has 2 nitrogen and oxygen atoms in total. The Bertz CT molecular complexity index is 264. The van der Waals surface area contributed by atoms with Crippen LogP contribution < -0.4 is 5.73 Å². The summed E-state index contributed by atoms with van der Waals surface area (Å²) in [6.07, 6.45) is 0. The molecule has 0 amide bonds. The molecule has 0 aliphatic rings. The fourth-order valence-corrected chi connectivity index (χ4v) is 0.877. The van der Waals surface area contributed by atoms with Crippen molar-refractivity contribution in [2.75, 3.05) is 5.73 Å². The van der Waals surface area contributed by atoms with Crippen LogP contribution in [0.15, 0.2) is 18.2 Å². The Morgan fingerprint density at radius 3 is 2.25 bits per heavy atom. The first-order chi connectivity index (χ1) is 5.72. The molecule has 0 heterocycles. The third-order valence-electron chi connectivity index (χ3n) is 1.23.